The molecule has 0 aliphatic heterocycles. The molecule has 2 amide bonds. The van der Waals surface area contributed by atoms with Gasteiger partial charge in [-0.25, -0.2) is 0 Å². The number of nitrogens with one attached hydrogen (secondary N) is 2. The van der Waals surface area contributed by atoms with Crippen LogP contribution in [0.15, 0.2) is 48.5 Å². The Morgan fingerprint density at radius 2 is 1.64 bits per heavy atom. The van der Waals surface area contributed by atoms with Crippen LogP contribution in [0.1, 0.15) is 37.9 Å². The fourth-order valence-electron chi connectivity index (χ4n) is 2.33. The van der Waals surface area contributed by atoms with Gasteiger partial charge >= 0.3 is 0 Å². The Morgan fingerprint density at radius 3 is 2.28 bits per heavy atom. The molecule has 0 aliphatic rings. The monoisotopic (exact) mass is 358 g/mol. The minimum atomic E-state index is -1.22. The molecule has 0 radical (unpaired) electrons. The van der Waals surface area contributed by atoms with Crippen molar-refractivity contribution in [2.24, 2.45) is 5.41 Å². The molecular weight excluding hydrogens is 336 g/mol. The predicted octanol–water partition coefficient (Wildman–Crippen LogP) is 4.49. The number of hydrogen-bond acceptors (Lipinski definition) is 2. The van der Waals surface area contributed by atoms with E-state index in [-0.39, 0.29) is 17.9 Å². The Morgan fingerprint density at radius 1 is 1.00 bits per heavy atom. The molecule has 0 fully saturated rings. The normalized spacial score (nSPS) is 12.4. The first kappa shape index (κ1) is 19.0. The highest BCUT2D eigenvalue weighted by Gasteiger charge is 2.37. The molecule has 5 heteroatoms. The van der Waals surface area contributed by atoms with Crippen molar-refractivity contribution in [2.45, 2.75) is 33.7 Å². The molecule has 1 unspecified atom stereocenters. The average Bonchev–Trinajstić information content (AvgIpc) is 2.59. The van der Waals surface area contributed by atoms with Crippen molar-refractivity contribution in [2.75, 3.05) is 5.32 Å². The second kappa shape index (κ2) is 7.70. The van der Waals surface area contributed by atoms with Crippen molar-refractivity contribution in [3.05, 3.63) is 64.7 Å². The Bertz CT molecular complexity index is 773. The van der Waals surface area contributed by atoms with Crippen molar-refractivity contribution < 1.29 is 9.59 Å². The summed E-state index contributed by atoms with van der Waals surface area (Å²) in [4.78, 5) is 25.3. The lowest BCUT2D eigenvalue weighted by Gasteiger charge is -2.25. The Hall–Kier alpha value is -2.33. The summed E-state index contributed by atoms with van der Waals surface area (Å²) in [6.45, 7) is 6.93. The zero-order chi connectivity index (χ0) is 18.6. The second-order valence-corrected chi connectivity index (χ2v) is 7.00. The molecule has 0 saturated heterocycles. The maximum atomic E-state index is 12.6. The van der Waals surface area contributed by atoms with Crippen LogP contribution < -0.4 is 10.6 Å². The highest BCUT2D eigenvalue weighted by atomic mass is 35.5. The number of hydrogen-bond donors (Lipinski definition) is 2. The first-order valence-corrected chi connectivity index (χ1v) is 8.53. The summed E-state index contributed by atoms with van der Waals surface area (Å²) >= 11 is 6.08. The van der Waals surface area contributed by atoms with Crippen molar-refractivity contribution in [3.63, 3.8) is 0 Å². The van der Waals surface area contributed by atoms with Gasteiger partial charge in [-0.2, -0.15) is 0 Å². The fourth-order valence-corrected chi connectivity index (χ4v) is 2.50. The molecule has 0 heterocycles. The lowest BCUT2D eigenvalue weighted by atomic mass is 9.90. The molecule has 1 atom stereocenters. The van der Waals surface area contributed by atoms with Gasteiger partial charge in [-0.1, -0.05) is 48.0 Å². The van der Waals surface area contributed by atoms with Crippen LogP contribution in [0.3, 0.4) is 0 Å². The van der Waals surface area contributed by atoms with E-state index in [0.717, 1.165) is 11.1 Å². The van der Waals surface area contributed by atoms with E-state index < -0.39 is 5.41 Å². The van der Waals surface area contributed by atoms with E-state index in [4.69, 9.17) is 11.6 Å². The molecule has 0 aromatic heterocycles. The van der Waals surface area contributed by atoms with Crippen molar-refractivity contribution >= 4 is 29.1 Å². The molecular formula is C20H23ClN2O2. The molecule has 2 aromatic carbocycles. The van der Waals surface area contributed by atoms with E-state index in [2.05, 4.69) is 10.6 Å². The van der Waals surface area contributed by atoms with Gasteiger partial charge in [0.25, 0.3) is 0 Å². The third kappa shape index (κ3) is 4.40. The molecule has 2 N–H and O–H groups in total. The molecule has 0 aliphatic carbocycles. The maximum absolute atomic E-state index is 12.6. The van der Waals surface area contributed by atoms with Gasteiger partial charge in [-0.3, -0.25) is 9.59 Å². The zero-order valence-corrected chi connectivity index (χ0v) is 15.6. The highest BCUT2D eigenvalue weighted by molar-refractivity contribution is 6.31. The van der Waals surface area contributed by atoms with Crippen LogP contribution in [0.2, 0.25) is 5.02 Å². The van der Waals surface area contributed by atoms with Crippen molar-refractivity contribution in [1.82, 2.24) is 5.32 Å². The van der Waals surface area contributed by atoms with E-state index in [9.17, 15) is 9.59 Å². The van der Waals surface area contributed by atoms with Gasteiger partial charge in [0.05, 0.1) is 6.04 Å². The van der Waals surface area contributed by atoms with E-state index in [1.807, 2.05) is 44.2 Å². The molecule has 132 valence electrons. The molecule has 4 nitrogen and oxygen atoms in total. The molecule has 25 heavy (non-hydrogen) atoms. The summed E-state index contributed by atoms with van der Waals surface area (Å²) in [6, 6.07) is 14.7. The summed E-state index contributed by atoms with van der Waals surface area (Å²) < 4.78 is 0. The number of rotatable bonds is 5. The van der Waals surface area contributed by atoms with Gasteiger partial charge in [0, 0.05) is 10.7 Å². The minimum absolute atomic E-state index is 0.186. The lowest BCUT2D eigenvalue weighted by Crippen LogP contribution is -2.45. The number of amides is 2. The van der Waals surface area contributed by atoms with Gasteiger partial charge in [0.1, 0.15) is 5.41 Å². The minimum Gasteiger partial charge on any atom is -0.349 e. The van der Waals surface area contributed by atoms with Gasteiger partial charge in [0.15, 0.2) is 0 Å². The van der Waals surface area contributed by atoms with E-state index >= 15 is 0 Å². The van der Waals surface area contributed by atoms with E-state index in [1.165, 1.54) is 0 Å². The average molecular weight is 359 g/mol. The molecule has 2 rings (SSSR count). The smallest absolute Gasteiger partial charge is 0.239 e. The van der Waals surface area contributed by atoms with Gasteiger partial charge in [-0.15, -0.1) is 0 Å². The summed E-state index contributed by atoms with van der Waals surface area (Å²) in [7, 11) is 0. The van der Waals surface area contributed by atoms with Crippen molar-refractivity contribution in [3.8, 4) is 0 Å². The van der Waals surface area contributed by atoms with Crippen LogP contribution in [0.5, 0.6) is 0 Å². The number of benzene rings is 2. The van der Waals surface area contributed by atoms with E-state index in [0.29, 0.717) is 10.7 Å². The first-order chi connectivity index (χ1) is 11.7. The lowest BCUT2D eigenvalue weighted by molar-refractivity contribution is -0.138. The highest BCUT2D eigenvalue weighted by Crippen LogP contribution is 2.26. The number of halogens is 1. The predicted molar refractivity (Wildman–Crippen MR) is 102 cm³/mol. The summed E-state index contributed by atoms with van der Waals surface area (Å²) in [5.74, 6) is -0.711. The molecule has 0 saturated carbocycles. The van der Waals surface area contributed by atoms with E-state index in [1.54, 1.807) is 32.0 Å². The number of carbonyl (C=O) groups is 2. The topological polar surface area (TPSA) is 58.2 Å². The SMILES string of the molecule is Cc1c(Cl)cccc1NC(=O)C(C)(C)C(=O)NC(C)c1ccccc1. The third-order valence-corrected chi connectivity index (χ3v) is 4.71. The van der Waals surface area contributed by atoms with Crippen LogP contribution >= 0.6 is 11.6 Å². The standard InChI is InChI=1S/C20H23ClN2O2/c1-13-16(21)11-8-12-17(13)23-19(25)20(3,4)18(24)22-14(2)15-9-6-5-7-10-15/h5-12,14H,1-4H3,(H,22,24)(H,23,25). The van der Waals surface area contributed by atoms with Crippen LogP contribution in [-0.2, 0) is 9.59 Å². The fraction of sp³-hybridized carbons (Fsp3) is 0.300. The number of anilines is 1. The Kier molecular flexibility index (Phi) is 5.85. The summed E-state index contributed by atoms with van der Waals surface area (Å²) in [6.07, 6.45) is 0. The Balaban J connectivity index is 2.09. The number of carbonyl (C=O) groups excluding carboxylic acids is 2. The van der Waals surface area contributed by atoms with Gasteiger partial charge in [0.2, 0.25) is 11.8 Å². The molecule has 0 bridgehead atoms. The molecule has 0 spiro atoms. The summed E-state index contributed by atoms with van der Waals surface area (Å²) in [5.41, 5.74) is 1.14. The van der Waals surface area contributed by atoms with Crippen LogP contribution in [-0.4, -0.2) is 11.8 Å². The maximum Gasteiger partial charge on any atom is 0.239 e. The van der Waals surface area contributed by atoms with Gasteiger partial charge < -0.3 is 10.6 Å². The van der Waals surface area contributed by atoms with Crippen molar-refractivity contribution in [1.29, 1.82) is 0 Å². The second-order valence-electron chi connectivity index (χ2n) is 6.60. The van der Waals surface area contributed by atoms with Crippen LogP contribution in [0.4, 0.5) is 5.69 Å². The Labute approximate surface area is 153 Å². The first-order valence-electron chi connectivity index (χ1n) is 8.16. The van der Waals surface area contributed by atoms with Gasteiger partial charge in [-0.05, 0) is 51.0 Å². The summed E-state index contributed by atoms with van der Waals surface area (Å²) in [5, 5.41) is 6.27. The molecule has 2 aromatic rings. The largest absolute Gasteiger partial charge is 0.349 e. The third-order valence-electron chi connectivity index (χ3n) is 4.30. The van der Waals surface area contributed by atoms with Crippen LogP contribution in [0, 0.1) is 12.3 Å². The zero-order valence-electron chi connectivity index (χ0n) is 14.9. The van der Waals surface area contributed by atoms with Crippen LogP contribution in [0.25, 0.3) is 0 Å². The quantitative estimate of drug-likeness (QED) is 0.773.